The fourth-order valence-electron chi connectivity index (χ4n) is 1.22. The molecule has 5 heteroatoms. The van der Waals surface area contributed by atoms with Crippen molar-refractivity contribution in [3.8, 4) is 0 Å². The lowest BCUT2D eigenvalue weighted by molar-refractivity contribution is -0.116. The Morgan fingerprint density at radius 2 is 2.47 bits per heavy atom. The molecule has 17 heavy (non-hydrogen) atoms. The van der Waals surface area contributed by atoms with E-state index in [0.717, 1.165) is 9.35 Å². The zero-order chi connectivity index (χ0) is 12.1. The summed E-state index contributed by atoms with van der Waals surface area (Å²) in [4.78, 5) is 12.6. The first-order valence-corrected chi connectivity index (χ1v) is 6.63. The van der Waals surface area contributed by atoms with Crippen molar-refractivity contribution in [3.05, 3.63) is 51.0 Å². The van der Waals surface area contributed by atoms with Crippen molar-refractivity contribution in [2.75, 3.05) is 0 Å². The fraction of sp³-hybridized carbons (Fsp3) is 0.0833. The van der Waals surface area contributed by atoms with E-state index < -0.39 is 0 Å². The highest BCUT2D eigenvalue weighted by Gasteiger charge is 1.99. The number of carbonyl (C=O) groups is 1. The molecule has 0 fully saturated rings. The van der Waals surface area contributed by atoms with E-state index >= 15 is 0 Å². The molecule has 1 N–H and O–H groups in total. The SMILES string of the molecule is O=C(C=Cc1ccco1)NCc1cc(Br)cs1. The van der Waals surface area contributed by atoms with Crippen molar-refractivity contribution >= 4 is 39.2 Å². The van der Waals surface area contributed by atoms with Gasteiger partial charge in [-0.05, 0) is 40.2 Å². The Bertz CT molecular complexity index is 516. The molecule has 2 aromatic heterocycles. The van der Waals surface area contributed by atoms with Crippen LogP contribution in [0.5, 0.6) is 0 Å². The number of halogens is 1. The zero-order valence-electron chi connectivity index (χ0n) is 8.85. The number of furan rings is 1. The maximum absolute atomic E-state index is 11.5. The van der Waals surface area contributed by atoms with Gasteiger partial charge in [-0.2, -0.15) is 0 Å². The lowest BCUT2D eigenvalue weighted by Crippen LogP contribution is -2.19. The summed E-state index contributed by atoms with van der Waals surface area (Å²) in [7, 11) is 0. The summed E-state index contributed by atoms with van der Waals surface area (Å²) < 4.78 is 6.12. The molecule has 0 radical (unpaired) electrons. The van der Waals surface area contributed by atoms with Crippen molar-refractivity contribution in [2.45, 2.75) is 6.54 Å². The second kappa shape index (κ2) is 5.84. The predicted octanol–water partition coefficient (Wildman–Crippen LogP) is 3.43. The van der Waals surface area contributed by atoms with Crippen molar-refractivity contribution in [1.29, 1.82) is 0 Å². The van der Waals surface area contributed by atoms with E-state index in [-0.39, 0.29) is 5.91 Å². The molecule has 0 saturated carbocycles. The van der Waals surface area contributed by atoms with Crippen LogP contribution in [0.4, 0.5) is 0 Å². The summed E-state index contributed by atoms with van der Waals surface area (Å²) in [6.07, 6.45) is 4.67. The van der Waals surface area contributed by atoms with Crippen molar-refractivity contribution in [3.63, 3.8) is 0 Å². The Morgan fingerprint density at radius 3 is 3.12 bits per heavy atom. The molecule has 0 spiro atoms. The van der Waals surface area contributed by atoms with Crippen molar-refractivity contribution in [2.24, 2.45) is 0 Å². The van der Waals surface area contributed by atoms with Crippen LogP contribution < -0.4 is 5.32 Å². The Kier molecular flexibility index (Phi) is 4.17. The van der Waals surface area contributed by atoms with Crippen LogP contribution in [0.25, 0.3) is 6.08 Å². The van der Waals surface area contributed by atoms with Gasteiger partial charge in [0.25, 0.3) is 0 Å². The van der Waals surface area contributed by atoms with Crippen molar-refractivity contribution in [1.82, 2.24) is 5.32 Å². The number of thiophene rings is 1. The molecule has 2 aromatic rings. The van der Waals surface area contributed by atoms with Gasteiger partial charge < -0.3 is 9.73 Å². The first-order valence-electron chi connectivity index (χ1n) is 4.96. The number of nitrogens with one attached hydrogen (secondary N) is 1. The zero-order valence-corrected chi connectivity index (χ0v) is 11.3. The molecule has 0 saturated heterocycles. The molecular formula is C12H10BrNO2S. The summed E-state index contributed by atoms with van der Waals surface area (Å²) in [6.45, 7) is 0.539. The van der Waals surface area contributed by atoms with Gasteiger partial charge in [0.15, 0.2) is 0 Å². The lowest BCUT2D eigenvalue weighted by Gasteiger charge is -1.98. The molecule has 88 valence electrons. The highest BCUT2D eigenvalue weighted by Crippen LogP contribution is 2.19. The number of hydrogen-bond donors (Lipinski definition) is 1. The molecule has 0 aliphatic carbocycles. The maximum Gasteiger partial charge on any atom is 0.244 e. The molecule has 0 bridgehead atoms. The number of carbonyl (C=O) groups excluding carboxylic acids is 1. The summed E-state index contributed by atoms with van der Waals surface area (Å²) in [6, 6.07) is 5.56. The Hall–Kier alpha value is -1.33. The number of hydrogen-bond acceptors (Lipinski definition) is 3. The second-order valence-electron chi connectivity index (χ2n) is 3.30. The molecule has 2 heterocycles. The Morgan fingerprint density at radius 1 is 1.59 bits per heavy atom. The molecule has 0 aromatic carbocycles. The molecule has 0 atom stereocenters. The Balaban J connectivity index is 1.82. The van der Waals surface area contributed by atoms with E-state index in [9.17, 15) is 4.79 Å². The summed E-state index contributed by atoms with van der Waals surface area (Å²) in [5, 5.41) is 4.78. The smallest absolute Gasteiger partial charge is 0.244 e. The van der Waals surface area contributed by atoms with E-state index in [4.69, 9.17) is 4.42 Å². The molecule has 2 rings (SSSR count). The Labute approximate surface area is 111 Å². The van der Waals surface area contributed by atoms with Gasteiger partial charge in [0.2, 0.25) is 5.91 Å². The van der Waals surface area contributed by atoms with Gasteiger partial charge in [0.1, 0.15) is 5.76 Å². The maximum atomic E-state index is 11.5. The van der Waals surface area contributed by atoms with Gasteiger partial charge in [0.05, 0.1) is 12.8 Å². The van der Waals surface area contributed by atoms with Crippen LogP contribution in [0, 0.1) is 0 Å². The topological polar surface area (TPSA) is 42.2 Å². The van der Waals surface area contributed by atoms with Crippen molar-refractivity contribution < 1.29 is 9.21 Å². The van der Waals surface area contributed by atoms with E-state index in [1.54, 1.807) is 35.8 Å². The summed E-state index contributed by atoms with van der Waals surface area (Å²) >= 11 is 4.97. The van der Waals surface area contributed by atoms with Crippen LogP contribution in [-0.2, 0) is 11.3 Å². The standard InChI is InChI=1S/C12H10BrNO2S/c13-9-6-11(17-8-9)7-14-12(15)4-3-10-2-1-5-16-10/h1-6,8H,7H2,(H,14,15). The average molecular weight is 312 g/mol. The van der Waals surface area contributed by atoms with E-state index in [2.05, 4.69) is 21.2 Å². The minimum absolute atomic E-state index is 0.133. The minimum atomic E-state index is -0.133. The predicted molar refractivity (Wildman–Crippen MR) is 71.6 cm³/mol. The number of rotatable bonds is 4. The van der Waals surface area contributed by atoms with Gasteiger partial charge >= 0.3 is 0 Å². The van der Waals surface area contributed by atoms with Crippen LogP contribution >= 0.6 is 27.3 Å². The lowest BCUT2D eigenvalue weighted by atomic mass is 10.4. The third kappa shape index (κ3) is 3.87. The third-order valence-corrected chi connectivity index (χ3v) is 3.70. The van der Waals surface area contributed by atoms with Crippen LogP contribution in [0.1, 0.15) is 10.6 Å². The minimum Gasteiger partial charge on any atom is -0.465 e. The van der Waals surface area contributed by atoms with E-state index in [0.29, 0.717) is 12.3 Å². The molecule has 0 unspecified atom stereocenters. The van der Waals surface area contributed by atoms with Gasteiger partial charge in [-0.25, -0.2) is 0 Å². The van der Waals surface area contributed by atoms with E-state index in [1.165, 1.54) is 6.08 Å². The molecule has 1 amide bonds. The van der Waals surface area contributed by atoms with Crippen LogP contribution in [-0.4, -0.2) is 5.91 Å². The van der Waals surface area contributed by atoms with Gasteiger partial charge in [0, 0.05) is 20.8 Å². The van der Waals surface area contributed by atoms with Crippen LogP contribution in [0.3, 0.4) is 0 Å². The average Bonchev–Trinajstić information content (AvgIpc) is 2.95. The highest BCUT2D eigenvalue weighted by atomic mass is 79.9. The summed E-state index contributed by atoms with van der Waals surface area (Å²) in [5.41, 5.74) is 0. The molecule has 0 aliphatic heterocycles. The summed E-state index contributed by atoms with van der Waals surface area (Å²) in [5.74, 6) is 0.532. The monoisotopic (exact) mass is 311 g/mol. The van der Waals surface area contributed by atoms with E-state index in [1.807, 2.05) is 11.4 Å². The largest absolute Gasteiger partial charge is 0.465 e. The van der Waals surface area contributed by atoms with Crippen LogP contribution in [0.2, 0.25) is 0 Å². The second-order valence-corrected chi connectivity index (χ2v) is 5.21. The first-order chi connectivity index (χ1) is 8.24. The van der Waals surface area contributed by atoms with Gasteiger partial charge in [-0.15, -0.1) is 11.3 Å². The fourth-order valence-corrected chi connectivity index (χ4v) is 2.61. The molecule has 0 aliphatic rings. The van der Waals surface area contributed by atoms with Gasteiger partial charge in [-0.3, -0.25) is 4.79 Å². The van der Waals surface area contributed by atoms with Crippen LogP contribution in [0.15, 0.2) is 44.8 Å². The molecule has 3 nitrogen and oxygen atoms in total. The van der Waals surface area contributed by atoms with Gasteiger partial charge in [-0.1, -0.05) is 0 Å². The quantitative estimate of drug-likeness (QED) is 0.879. The molecular weight excluding hydrogens is 302 g/mol. The first kappa shape index (κ1) is 12.1. The highest BCUT2D eigenvalue weighted by molar-refractivity contribution is 9.10. The normalized spacial score (nSPS) is 10.9. The number of amides is 1. The third-order valence-electron chi connectivity index (χ3n) is 2.00.